The van der Waals surface area contributed by atoms with E-state index in [1.807, 2.05) is 5.38 Å². The highest BCUT2D eigenvalue weighted by molar-refractivity contribution is 7.03. The Morgan fingerprint density at radius 3 is 3.00 bits per heavy atom. The van der Waals surface area contributed by atoms with Gasteiger partial charge in [0.05, 0.1) is 18.8 Å². The number of nitrogens with zero attached hydrogens (tertiary/aromatic N) is 6. The molecule has 80 valence electrons. The highest BCUT2D eigenvalue weighted by atomic mass is 32.1. The Hall–Kier alpha value is -1.45. The Morgan fingerprint density at radius 2 is 2.47 bits per heavy atom. The fraction of sp³-hybridized carbons (Fsp3) is 0.500. The highest BCUT2D eigenvalue weighted by Crippen LogP contribution is 2.13. The Balaban J connectivity index is 2.09. The van der Waals surface area contributed by atoms with E-state index in [4.69, 9.17) is 5.84 Å². The van der Waals surface area contributed by atoms with Crippen LogP contribution < -0.4 is 11.3 Å². The van der Waals surface area contributed by atoms with E-state index in [1.165, 1.54) is 16.3 Å². The maximum absolute atomic E-state index is 5.42. The van der Waals surface area contributed by atoms with Crippen molar-refractivity contribution in [2.45, 2.75) is 12.5 Å². The summed E-state index contributed by atoms with van der Waals surface area (Å²) < 4.78 is 3.77. The number of hydrazine groups is 1. The summed E-state index contributed by atoms with van der Waals surface area (Å²) in [6, 6.07) is -0.132. The van der Waals surface area contributed by atoms with Crippen molar-refractivity contribution in [2.75, 3.05) is 0 Å². The van der Waals surface area contributed by atoms with Gasteiger partial charge in [0.2, 0.25) is 0 Å². The quantitative estimate of drug-likeness (QED) is 0.498. The van der Waals surface area contributed by atoms with Crippen molar-refractivity contribution in [3.05, 3.63) is 16.9 Å². The molecule has 0 spiro atoms. The van der Waals surface area contributed by atoms with Gasteiger partial charge < -0.3 is 0 Å². The van der Waals surface area contributed by atoms with Crippen LogP contribution in [0.1, 0.15) is 17.6 Å². The summed E-state index contributed by atoms with van der Waals surface area (Å²) in [6.07, 6.45) is 0.537. The lowest BCUT2D eigenvalue weighted by molar-refractivity contribution is 0.523. The first kappa shape index (κ1) is 10.1. The molecule has 0 radical (unpaired) electrons. The molecule has 0 aromatic carbocycles. The number of nitrogens with two attached hydrogens (primary N) is 1. The molecule has 0 fully saturated rings. The zero-order valence-electron chi connectivity index (χ0n) is 8.03. The highest BCUT2D eigenvalue weighted by Gasteiger charge is 2.15. The first-order valence-corrected chi connectivity index (χ1v) is 5.09. The van der Waals surface area contributed by atoms with Crippen LogP contribution in [0.5, 0.6) is 0 Å². The molecular weight excluding hydrogens is 216 g/mol. The molecule has 1 atom stereocenters. The summed E-state index contributed by atoms with van der Waals surface area (Å²) in [5, 5.41) is 17.4. The van der Waals surface area contributed by atoms with Gasteiger partial charge in [0.1, 0.15) is 0 Å². The van der Waals surface area contributed by atoms with Crippen molar-refractivity contribution < 1.29 is 0 Å². The maximum Gasteiger partial charge on any atom is 0.176 e. The second-order valence-corrected chi connectivity index (χ2v) is 3.56. The molecule has 8 nitrogen and oxygen atoms in total. The molecule has 2 aromatic rings. The lowest BCUT2D eigenvalue weighted by atomic mass is 10.1. The van der Waals surface area contributed by atoms with E-state index in [-0.39, 0.29) is 6.04 Å². The molecular formula is C6H10N8S. The van der Waals surface area contributed by atoms with Gasteiger partial charge in [-0.25, -0.2) is 0 Å². The van der Waals surface area contributed by atoms with Crippen molar-refractivity contribution >= 4 is 11.5 Å². The number of aryl methyl sites for hydroxylation is 1. The number of hydrogen-bond donors (Lipinski definition) is 2. The van der Waals surface area contributed by atoms with Crippen LogP contribution in [0.3, 0.4) is 0 Å². The number of tetrazole rings is 1. The van der Waals surface area contributed by atoms with Gasteiger partial charge in [0.25, 0.3) is 0 Å². The Morgan fingerprint density at radius 1 is 1.60 bits per heavy atom. The lowest BCUT2D eigenvalue weighted by Crippen LogP contribution is -2.30. The zero-order chi connectivity index (χ0) is 10.7. The van der Waals surface area contributed by atoms with E-state index < -0.39 is 0 Å². The molecule has 3 N–H and O–H groups in total. The summed E-state index contributed by atoms with van der Waals surface area (Å²) >= 11 is 1.28. The Labute approximate surface area is 89.6 Å². The van der Waals surface area contributed by atoms with Crippen molar-refractivity contribution in [3.8, 4) is 0 Å². The van der Waals surface area contributed by atoms with E-state index in [2.05, 4.69) is 30.4 Å². The minimum Gasteiger partial charge on any atom is -0.271 e. The van der Waals surface area contributed by atoms with Crippen LogP contribution in [0.4, 0.5) is 0 Å². The Bertz CT molecular complexity index is 408. The van der Waals surface area contributed by atoms with E-state index >= 15 is 0 Å². The molecule has 0 aliphatic rings. The average molecular weight is 226 g/mol. The van der Waals surface area contributed by atoms with Gasteiger partial charge in [-0.05, 0) is 16.7 Å². The average Bonchev–Trinajstić information content (AvgIpc) is 2.85. The number of hydrogen-bond acceptors (Lipinski definition) is 8. The van der Waals surface area contributed by atoms with Crippen molar-refractivity contribution in [2.24, 2.45) is 12.9 Å². The van der Waals surface area contributed by atoms with Gasteiger partial charge in [-0.2, -0.15) is 4.80 Å². The molecule has 15 heavy (non-hydrogen) atoms. The molecule has 0 bridgehead atoms. The minimum absolute atomic E-state index is 0.132. The third kappa shape index (κ3) is 2.32. The smallest absolute Gasteiger partial charge is 0.176 e. The molecule has 2 rings (SSSR count). The zero-order valence-corrected chi connectivity index (χ0v) is 8.85. The normalized spacial score (nSPS) is 12.9. The van der Waals surface area contributed by atoms with Crippen LogP contribution in [0, 0.1) is 0 Å². The monoisotopic (exact) mass is 226 g/mol. The third-order valence-electron chi connectivity index (χ3n) is 1.87. The van der Waals surface area contributed by atoms with Crippen LogP contribution in [0.2, 0.25) is 0 Å². The van der Waals surface area contributed by atoms with Gasteiger partial charge >= 0.3 is 0 Å². The SMILES string of the molecule is Cn1nnc(CC(NN)c2csnn2)n1. The number of nitrogens with one attached hydrogen (secondary N) is 1. The van der Waals surface area contributed by atoms with Gasteiger partial charge in [-0.3, -0.25) is 11.3 Å². The van der Waals surface area contributed by atoms with Gasteiger partial charge in [-0.1, -0.05) is 4.49 Å². The summed E-state index contributed by atoms with van der Waals surface area (Å²) in [6.45, 7) is 0. The van der Waals surface area contributed by atoms with Crippen LogP contribution in [0.25, 0.3) is 0 Å². The molecule has 9 heteroatoms. The van der Waals surface area contributed by atoms with Crippen molar-refractivity contribution in [3.63, 3.8) is 0 Å². The summed E-state index contributed by atoms with van der Waals surface area (Å²) in [7, 11) is 1.71. The molecule has 0 saturated heterocycles. The summed E-state index contributed by atoms with van der Waals surface area (Å²) in [5.74, 6) is 6.04. The number of aromatic nitrogens is 6. The van der Waals surface area contributed by atoms with E-state index in [1.54, 1.807) is 7.05 Å². The lowest BCUT2D eigenvalue weighted by Gasteiger charge is -2.09. The molecule has 1 unspecified atom stereocenters. The fourth-order valence-electron chi connectivity index (χ4n) is 1.16. The fourth-order valence-corrected chi connectivity index (χ4v) is 1.67. The predicted molar refractivity (Wildman–Crippen MR) is 52.5 cm³/mol. The Kier molecular flexibility index (Phi) is 2.94. The molecule has 2 aromatic heterocycles. The topological polar surface area (TPSA) is 107 Å². The molecule has 0 saturated carbocycles. The van der Waals surface area contributed by atoms with E-state index in [9.17, 15) is 0 Å². The van der Waals surface area contributed by atoms with Crippen molar-refractivity contribution in [1.29, 1.82) is 0 Å². The first-order valence-electron chi connectivity index (χ1n) is 4.25. The third-order valence-corrected chi connectivity index (χ3v) is 2.39. The molecule has 0 aliphatic carbocycles. The molecule has 0 aliphatic heterocycles. The van der Waals surface area contributed by atoms with Gasteiger partial charge in [0.15, 0.2) is 5.82 Å². The van der Waals surface area contributed by atoms with Gasteiger partial charge in [0, 0.05) is 11.8 Å². The largest absolute Gasteiger partial charge is 0.271 e. The minimum atomic E-state index is -0.132. The predicted octanol–water partition coefficient (Wildman–Crippen LogP) is -1.19. The number of rotatable bonds is 4. The van der Waals surface area contributed by atoms with Crippen LogP contribution in [0.15, 0.2) is 5.38 Å². The summed E-state index contributed by atoms with van der Waals surface area (Å²) in [4.78, 5) is 1.40. The van der Waals surface area contributed by atoms with E-state index in [0.29, 0.717) is 12.2 Å². The van der Waals surface area contributed by atoms with Crippen LogP contribution >= 0.6 is 11.5 Å². The van der Waals surface area contributed by atoms with E-state index in [0.717, 1.165) is 5.69 Å². The molecule has 0 amide bonds. The second-order valence-electron chi connectivity index (χ2n) is 2.95. The summed E-state index contributed by atoms with van der Waals surface area (Å²) in [5.41, 5.74) is 3.44. The molecule has 2 heterocycles. The van der Waals surface area contributed by atoms with Crippen LogP contribution in [-0.4, -0.2) is 29.8 Å². The maximum atomic E-state index is 5.42. The van der Waals surface area contributed by atoms with Gasteiger partial charge in [-0.15, -0.1) is 15.3 Å². The standard InChI is InChI=1S/C6H10N8S/c1-14-11-6(10-12-14)2-4(8-7)5-3-15-13-9-5/h3-4,8H,2,7H2,1H3. The second kappa shape index (κ2) is 4.38. The van der Waals surface area contributed by atoms with Crippen LogP contribution in [-0.2, 0) is 13.5 Å². The van der Waals surface area contributed by atoms with Crippen molar-refractivity contribution in [1.82, 2.24) is 35.2 Å². The first-order chi connectivity index (χ1) is 7.29.